The Morgan fingerprint density at radius 3 is 2.55 bits per heavy atom. The second kappa shape index (κ2) is 9.25. The third-order valence-corrected chi connectivity index (χ3v) is 7.58. The number of piperidine rings is 1. The van der Waals surface area contributed by atoms with Crippen molar-refractivity contribution >= 4 is 31.6 Å². The fourth-order valence-electron chi connectivity index (χ4n) is 3.37. The third kappa shape index (κ3) is 5.75. The first-order chi connectivity index (χ1) is 14.6. The number of anilines is 1. The van der Waals surface area contributed by atoms with Gasteiger partial charge in [0.25, 0.3) is 15.9 Å². The highest BCUT2D eigenvalue weighted by Crippen LogP contribution is 2.26. The van der Waals surface area contributed by atoms with E-state index < -0.39 is 26.0 Å². The van der Waals surface area contributed by atoms with Gasteiger partial charge in [-0.1, -0.05) is 18.2 Å². The van der Waals surface area contributed by atoms with Gasteiger partial charge in [-0.2, -0.15) is 0 Å². The van der Waals surface area contributed by atoms with E-state index in [9.17, 15) is 21.6 Å². The number of ether oxygens (including phenoxy) is 1. The van der Waals surface area contributed by atoms with Crippen LogP contribution in [0.15, 0.2) is 53.4 Å². The summed E-state index contributed by atoms with van der Waals surface area (Å²) in [4.78, 5) is 12.6. The summed E-state index contributed by atoms with van der Waals surface area (Å²) in [6.07, 6.45) is 2.42. The first-order valence-electron chi connectivity index (χ1n) is 9.62. The number of benzene rings is 2. The van der Waals surface area contributed by atoms with Crippen LogP contribution in [-0.2, 0) is 20.0 Å². The van der Waals surface area contributed by atoms with Crippen molar-refractivity contribution in [3.63, 3.8) is 0 Å². The monoisotopic (exact) mass is 467 g/mol. The molecule has 2 aromatic rings. The molecule has 1 fully saturated rings. The Labute approximate surface area is 182 Å². The van der Waals surface area contributed by atoms with E-state index in [1.54, 1.807) is 24.3 Å². The number of nitrogens with one attached hydrogen (secondary N) is 2. The molecular formula is C20H25N3O6S2. The van der Waals surface area contributed by atoms with Crippen LogP contribution in [0.1, 0.15) is 23.2 Å². The molecule has 0 bridgehead atoms. The summed E-state index contributed by atoms with van der Waals surface area (Å²) in [5.74, 6) is -0.0950. The van der Waals surface area contributed by atoms with Gasteiger partial charge in [0.05, 0.1) is 23.9 Å². The van der Waals surface area contributed by atoms with Crippen LogP contribution in [0, 0.1) is 0 Å². The number of carbonyl (C=O) groups is 1. The summed E-state index contributed by atoms with van der Waals surface area (Å²) in [7, 11) is -5.86. The zero-order valence-corrected chi connectivity index (χ0v) is 18.9. The van der Waals surface area contributed by atoms with Gasteiger partial charge in [-0.25, -0.2) is 21.1 Å². The predicted octanol–water partition coefficient (Wildman–Crippen LogP) is 1.65. The molecule has 168 valence electrons. The van der Waals surface area contributed by atoms with E-state index in [4.69, 9.17) is 4.74 Å². The molecule has 0 aromatic heterocycles. The lowest BCUT2D eigenvalue weighted by molar-refractivity contribution is 0.0921. The highest BCUT2D eigenvalue weighted by molar-refractivity contribution is 7.92. The molecule has 11 heteroatoms. The molecule has 1 aliphatic rings. The number of para-hydroxylation sites is 2. The van der Waals surface area contributed by atoms with Crippen molar-refractivity contribution in [3.05, 3.63) is 54.1 Å². The quantitative estimate of drug-likeness (QED) is 0.639. The Morgan fingerprint density at radius 1 is 1.10 bits per heavy atom. The average Bonchev–Trinajstić information content (AvgIpc) is 2.73. The minimum atomic E-state index is -3.96. The zero-order valence-electron chi connectivity index (χ0n) is 17.2. The third-order valence-electron chi connectivity index (χ3n) is 4.95. The summed E-state index contributed by atoms with van der Waals surface area (Å²) in [5, 5.41) is 2.80. The van der Waals surface area contributed by atoms with Crippen molar-refractivity contribution in [1.29, 1.82) is 0 Å². The average molecular weight is 468 g/mol. The van der Waals surface area contributed by atoms with Crippen LogP contribution >= 0.6 is 0 Å². The van der Waals surface area contributed by atoms with E-state index in [-0.39, 0.29) is 28.7 Å². The minimum absolute atomic E-state index is 0.0764. The van der Waals surface area contributed by atoms with Crippen LogP contribution in [0.2, 0.25) is 0 Å². The predicted molar refractivity (Wildman–Crippen MR) is 117 cm³/mol. The maximum Gasteiger partial charge on any atom is 0.262 e. The van der Waals surface area contributed by atoms with Crippen LogP contribution in [-0.4, -0.2) is 59.5 Å². The molecule has 31 heavy (non-hydrogen) atoms. The maximum atomic E-state index is 12.8. The lowest BCUT2D eigenvalue weighted by Gasteiger charge is -2.31. The molecule has 0 saturated carbocycles. The van der Waals surface area contributed by atoms with E-state index >= 15 is 0 Å². The smallest absolute Gasteiger partial charge is 0.262 e. The number of hydrogen-bond donors (Lipinski definition) is 2. The number of amides is 1. The Hall–Kier alpha value is -2.63. The van der Waals surface area contributed by atoms with Gasteiger partial charge >= 0.3 is 0 Å². The molecule has 2 aromatic carbocycles. The molecular weight excluding hydrogens is 442 g/mol. The Balaban J connectivity index is 1.75. The normalized spacial score (nSPS) is 17.7. The van der Waals surface area contributed by atoms with Gasteiger partial charge in [-0.3, -0.25) is 9.52 Å². The number of rotatable bonds is 7. The molecule has 3 rings (SSSR count). The van der Waals surface area contributed by atoms with Crippen molar-refractivity contribution in [3.8, 4) is 5.75 Å². The van der Waals surface area contributed by atoms with Crippen LogP contribution < -0.4 is 14.8 Å². The molecule has 0 aliphatic carbocycles. The van der Waals surface area contributed by atoms with E-state index in [1.165, 1.54) is 35.7 Å². The van der Waals surface area contributed by atoms with Crippen molar-refractivity contribution in [1.82, 2.24) is 9.62 Å². The van der Waals surface area contributed by atoms with Gasteiger partial charge in [0, 0.05) is 24.7 Å². The van der Waals surface area contributed by atoms with Gasteiger partial charge in [0.1, 0.15) is 5.75 Å². The molecule has 9 nitrogen and oxygen atoms in total. The van der Waals surface area contributed by atoms with Crippen molar-refractivity contribution in [2.75, 3.05) is 31.2 Å². The standard InChI is InChI=1S/C20H25N3O6S2/c1-29-19-11-4-3-10-18(19)22-31(27,28)17-9-5-7-15(13-17)20(24)21-16-8-6-12-23(14-16)30(2,25)26/h3-5,7,9-11,13,16,22H,6,8,12,14H2,1-2H3,(H,21,24). The Morgan fingerprint density at radius 2 is 1.84 bits per heavy atom. The topological polar surface area (TPSA) is 122 Å². The van der Waals surface area contributed by atoms with Crippen molar-refractivity contribution < 1.29 is 26.4 Å². The molecule has 1 saturated heterocycles. The summed E-state index contributed by atoms with van der Waals surface area (Å²) < 4.78 is 58.1. The Kier molecular flexibility index (Phi) is 6.87. The summed E-state index contributed by atoms with van der Waals surface area (Å²) in [6, 6.07) is 11.9. The van der Waals surface area contributed by atoms with Gasteiger partial charge in [0.15, 0.2) is 0 Å². The summed E-state index contributed by atoms with van der Waals surface area (Å²) in [5.41, 5.74) is 0.447. The molecule has 1 unspecified atom stereocenters. The molecule has 0 spiro atoms. The minimum Gasteiger partial charge on any atom is -0.495 e. The number of methoxy groups -OCH3 is 1. The fourth-order valence-corrected chi connectivity index (χ4v) is 5.39. The highest BCUT2D eigenvalue weighted by Gasteiger charge is 2.27. The molecule has 1 atom stereocenters. The van der Waals surface area contributed by atoms with E-state index in [0.29, 0.717) is 25.1 Å². The molecule has 1 heterocycles. The van der Waals surface area contributed by atoms with Crippen molar-refractivity contribution in [2.24, 2.45) is 0 Å². The number of carbonyl (C=O) groups excluding carboxylic acids is 1. The molecule has 1 aliphatic heterocycles. The number of hydrogen-bond acceptors (Lipinski definition) is 6. The molecule has 2 N–H and O–H groups in total. The van der Waals surface area contributed by atoms with E-state index in [2.05, 4.69) is 10.0 Å². The lowest BCUT2D eigenvalue weighted by atomic mass is 10.1. The van der Waals surface area contributed by atoms with Crippen LogP contribution in [0.4, 0.5) is 5.69 Å². The van der Waals surface area contributed by atoms with Gasteiger partial charge in [-0.05, 0) is 43.2 Å². The van der Waals surface area contributed by atoms with Gasteiger partial charge in [-0.15, -0.1) is 0 Å². The maximum absolute atomic E-state index is 12.8. The van der Waals surface area contributed by atoms with E-state index in [1.807, 2.05) is 0 Å². The first-order valence-corrected chi connectivity index (χ1v) is 13.0. The largest absolute Gasteiger partial charge is 0.495 e. The van der Waals surface area contributed by atoms with Crippen molar-refractivity contribution in [2.45, 2.75) is 23.8 Å². The second-order valence-corrected chi connectivity index (χ2v) is 10.9. The molecule has 0 radical (unpaired) electrons. The zero-order chi connectivity index (χ0) is 22.6. The van der Waals surface area contributed by atoms with Gasteiger partial charge < -0.3 is 10.1 Å². The SMILES string of the molecule is COc1ccccc1NS(=O)(=O)c1cccc(C(=O)NC2CCCN(S(C)(=O)=O)C2)c1. The number of nitrogens with zero attached hydrogens (tertiary/aromatic N) is 1. The fraction of sp³-hybridized carbons (Fsp3) is 0.350. The summed E-state index contributed by atoms with van der Waals surface area (Å²) >= 11 is 0. The lowest BCUT2D eigenvalue weighted by Crippen LogP contribution is -2.49. The highest BCUT2D eigenvalue weighted by atomic mass is 32.2. The van der Waals surface area contributed by atoms with Crippen LogP contribution in [0.5, 0.6) is 5.75 Å². The van der Waals surface area contributed by atoms with Crippen LogP contribution in [0.3, 0.4) is 0 Å². The number of sulfonamides is 2. The Bertz CT molecular complexity index is 1160. The first kappa shape index (κ1) is 23.0. The van der Waals surface area contributed by atoms with Gasteiger partial charge in [0.2, 0.25) is 10.0 Å². The van der Waals surface area contributed by atoms with Crippen LogP contribution in [0.25, 0.3) is 0 Å². The summed E-state index contributed by atoms with van der Waals surface area (Å²) in [6.45, 7) is 0.617. The van der Waals surface area contributed by atoms with E-state index in [0.717, 1.165) is 6.26 Å². The second-order valence-electron chi connectivity index (χ2n) is 7.27. The molecule has 1 amide bonds.